The van der Waals surface area contributed by atoms with E-state index in [-0.39, 0.29) is 11.9 Å². The first-order valence-corrected chi connectivity index (χ1v) is 7.49. The molecule has 0 saturated heterocycles. The van der Waals surface area contributed by atoms with Crippen LogP contribution in [0.5, 0.6) is 5.75 Å². The molecule has 1 aliphatic rings. The number of carbonyl (C=O) groups excluding carboxylic acids is 1. The normalized spacial score (nSPS) is 13.9. The molecular weight excluding hydrogens is 276 g/mol. The number of benzene rings is 2. The van der Waals surface area contributed by atoms with Crippen LogP contribution >= 0.6 is 0 Å². The molecule has 0 spiro atoms. The number of amides is 1. The Morgan fingerprint density at radius 1 is 1.23 bits per heavy atom. The molecule has 114 valence electrons. The van der Waals surface area contributed by atoms with Gasteiger partial charge in [-0.2, -0.15) is 0 Å². The van der Waals surface area contributed by atoms with Gasteiger partial charge in [0.05, 0.1) is 13.2 Å². The minimum absolute atomic E-state index is 0.0435. The average Bonchev–Trinajstić information content (AvgIpc) is 3.02. The molecule has 1 amide bonds. The number of nitrogens with one attached hydrogen (secondary N) is 2. The summed E-state index contributed by atoms with van der Waals surface area (Å²) < 4.78 is 5.15. The molecule has 0 bridgehead atoms. The van der Waals surface area contributed by atoms with Crippen molar-refractivity contribution in [3.63, 3.8) is 0 Å². The number of fused-ring (bicyclic) bond motifs is 1. The zero-order chi connectivity index (χ0) is 15.5. The molecule has 4 nitrogen and oxygen atoms in total. The van der Waals surface area contributed by atoms with Gasteiger partial charge in [-0.3, -0.25) is 4.79 Å². The Morgan fingerprint density at radius 3 is 2.73 bits per heavy atom. The van der Waals surface area contributed by atoms with Crippen molar-refractivity contribution in [2.45, 2.75) is 19.4 Å². The summed E-state index contributed by atoms with van der Waals surface area (Å²) in [6.45, 7) is 2.93. The Labute approximate surface area is 130 Å². The molecule has 1 aliphatic heterocycles. The minimum Gasteiger partial charge on any atom is -0.497 e. The van der Waals surface area contributed by atoms with Crippen molar-refractivity contribution in [3.8, 4) is 5.75 Å². The average molecular weight is 296 g/mol. The van der Waals surface area contributed by atoms with E-state index < -0.39 is 0 Å². The second-order valence-corrected chi connectivity index (χ2v) is 5.52. The van der Waals surface area contributed by atoms with Crippen LogP contribution in [-0.4, -0.2) is 19.6 Å². The van der Waals surface area contributed by atoms with Gasteiger partial charge in [0.2, 0.25) is 0 Å². The van der Waals surface area contributed by atoms with Gasteiger partial charge in [0.25, 0.3) is 5.91 Å². The lowest BCUT2D eigenvalue weighted by molar-refractivity contribution is 0.0940. The van der Waals surface area contributed by atoms with Crippen LogP contribution in [-0.2, 0) is 6.42 Å². The number of anilines is 1. The molecule has 4 heteroatoms. The fourth-order valence-electron chi connectivity index (χ4n) is 2.70. The number of carbonyl (C=O) groups is 1. The number of hydrogen-bond acceptors (Lipinski definition) is 3. The highest BCUT2D eigenvalue weighted by Crippen LogP contribution is 2.23. The van der Waals surface area contributed by atoms with Crippen LogP contribution in [0, 0.1) is 0 Å². The molecule has 2 aromatic rings. The Balaban J connectivity index is 1.70. The first-order chi connectivity index (χ1) is 10.7. The summed E-state index contributed by atoms with van der Waals surface area (Å²) in [4.78, 5) is 12.4. The standard InChI is InChI=1S/C18H20N2O2/c1-12(13-3-6-16(22-2)7-4-13)20-18(21)15-5-8-17-14(11-15)9-10-19-17/h3-8,11-12,19H,9-10H2,1-2H3,(H,20,21). The van der Waals surface area contributed by atoms with E-state index >= 15 is 0 Å². The Kier molecular flexibility index (Phi) is 4.00. The Bertz CT molecular complexity index is 680. The van der Waals surface area contributed by atoms with Gasteiger partial charge in [0, 0.05) is 17.8 Å². The van der Waals surface area contributed by atoms with E-state index in [0.717, 1.165) is 30.0 Å². The molecule has 1 unspecified atom stereocenters. The zero-order valence-corrected chi connectivity index (χ0v) is 12.8. The number of methoxy groups -OCH3 is 1. The summed E-state index contributed by atoms with van der Waals surface area (Å²) in [5.74, 6) is 0.770. The lowest BCUT2D eigenvalue weighted by atomic mass is 10.1. The van der Waals surface area contributed by atoms with Crippen molar-refractivity contribution in [2.75, 3.05) is 19.0 Å². The molecule has 22 heavy (non-hydrogen) atoms. The van der Waals surface area contributed by atoms with Crippen LogP contribution in [0.3, 0.4) is 0 Å². The Morgan fingerprint density at radius 2 is 2.00 bits per heavy atom. The fourth-order valence-corrected chi connectivity index (χ4v) is 2.70. The maximum Gasteiger partial charge on any atom is 0.251 e. The molecule has 1 atom stereocenters. The molecular formula is C18H20N2O2. The van der Waals surface area contributed by atoms with Crippen molar-refractivity contribution in [2.24, 2.45) is 0 Å². The van der Waals surface area contributed by atoms with Crippen LogP contribution in [0.1, 0.15) is 34.5 Å². The van der Waals surface area contributed by atoms with Gasteiger partial charge in [0.15, 0.2) is 0 Å². The van der Waals surface area contributed by atoms with Gasteiger partial charge in [0.1, 0.15) is 5.75 Å². The third kappa shape index (κ3) is 2.91. The van der Waals surface area contributed by atoms with E-state index in [0.29, 0.717) is 5.56 Å². The topological polar surface area (TPSA) is 50.4 Å². The lowest BCUT2D eigenvalue weighted by Gasteiger charge is -2.15. The SMILES string of the molecule is COc1ccc(C(C)NC(=O)c2ccc3c(c2)CCN3)cc1. The summed E-state index contributed by atoms with van der Waals surface area (Å²) in [6, 6.07) is 13.5. The third-order valence-corrected chi connectivity index (χ3v) is 4.04. The molecule has 2 N–H and O–H groups in total. The van der Waals surface area contributed by atoms with Crippen molar-refractivity contribution in [1.29, 1.82) is 0 Å². The zero-order valence-electron chi connectivity index (χ0n) is 12.8. The smallest absolute Gasteiger partial charge is 0.251 e. The number of ether oxygens (including phenoxy) is 1. The molecule has 1 heterocycles. The molecule has 0 radical (unpaired) electrons. The van der Waals surface area contributed by atoms with Gasteiger partial charge in [-0.25, -0.2) is 0 Å². The maximum atomic E-state index is 12.4. The summed E-state index contributed by atoms with van der Waals surface area (Å²) in [5.41, 5.74) is 4.12. The van der Waals surface area contributed by atoms with E-state index in [4.69, 9.17) is 4.74 Å². The van der Waals surface area contributed by atoms with Gasteiger partial charge >= 0.3 is 0 Å². The second-order valence-electron chi connectivity index (χ2n) is 5.52. The molecule has 0 saturated carbocycles. The minimum atomic E-state index is -0.0511. The number of rotatable bonds is 4. The van der Waals surface area contributed by atoms with E-state index in [1.807, 2.05) is 49.4 Å². The van der Waals surface area contributed by atoms with Crippen molar-refractivity contribution < 1.29 is 9.53 Å². The van der Waals surface area contributed by atoms with Gasteiger partial charge < -0.3 is 15.4 Å². The predicted octanol–water partition coefficient (Wildman–Crippen LogP) is 3.15. The first-order valence-electron chi connectivity index (χ1n) is 7.49. The molecule has 2 aromatic carbocycles. The van der Waals surface area contributed by atoms with Crippen molar-refractivity contribution >= 4 is 11.6 Å². The summed E-state index contributed by atoms with van der Waals surface area (Å²) in [7, 11) is 1.64. The van der Waals surface area contributed by atoms with E-state index in [1.54, 1.807) is 7.11 Å². The maximum absolute atomic E-state index is 12.4. The third-order valence-electron chi connectivity index (χ3n) is 4.04. The van der Waals surface area contributed by atoms with Crippen molar-refractivity contribution in [1.82, 2.24) is 5.32 Å². The fraction of sp³-hybridized carbons (Fsp3) is 0.278. The lowest BCUT2D eigenvalue weighted by Crippen LogP contribution is -2.26. The van der Waals surface area contributed by atoms with Crippen LogP contribution < -0.4 is 15.4 Å². The van der Waals surface area contributed by atoms with Crippen molar-refractivity contribution in [3.05, 3.63) is 59.2 Å². The van der Waals surface area contributed by atoms with Gasteiger partial charge in [-0.15, -0.1) is 0 Å². The van der Waals surface area contributed by atoms with E-state index in [1.165, 1.54) is 5.56 Å². The molecule has 3 rings (SSSR count). The first kappa shape index (κ1) is 14.4. The molecule has 0 fully saturated rings. The highest BCUT2D eigenvalue weighted by molar-refractivity contribution is 5.95. The summed E-state index contributed by atoms with van der Waals surface area (Å²) >= 11 is 0. The predicted molar refractivity (Wildman–Crippen MR) is 87.5 cm³/mol. The van der Waals surface area contributed by atoms with E-state index in [9.17, 15) is 4.79 Å². The molecule has 0 aromatic heterocycles. The highest BCUT2D eigenvalue weighted by atomic mass is 16.5. The number of hydrogen-bond donors (Lipinski definition) is 2. The van der Waals surface area contributed by atoms with Crippen LogP contribution in [0.25, 0.3) is 0 Å². The van der Waals surface area contributed by atoms with Gasteiger partial charge in [-0.1, -0.05) is 12.1 Å². The quantitative estimate of drug-likeness (QED) is 0.911. The highest BCUT2D eigenvalue weighted by Gasteiger charge is 2.15. The largest absolute Gasteiger partial charge is 0.497 e. The van der Waals surface area contributed by atoms with Gasteiger partial charge in [-0.05, 0) is 54.8 Å². The van der Waals surface area contributed by atoms with Crippen LogP contribution in [0.15, 0.2) is 42.5 Å². The second kappa shape index (κ2) is 6.10. The monoisotopic (exact) mass is 296 g/mol. The summed E-state index contributed by atoms with van der Waals surface area (Å²) in [6.07, 6.45) is 0.977. The van der Waals surface area contributed by atoms with E-state index in [2.05, 4.69) is 10.6 Å². The van der Waals surface area contributed by atoms with Crippen LogP contribution in [0.4, 0.5) is 5.69 Å². The summed E-state index contributed by atoms with van der Waals surface area (Å²) in [5, 5.41) is 6.34. The molecule has 0 aliphatic carbocycles. The van der Waals surface area contributed by atoms with Crippen LogP contribution in [0.2, 0.25) is 0 Å². The Hall–Kier alpha value is -2.49.